The molecule has 2 amide bonds. The first-order chi connectivity index (χ1) is 12.7. The summed E-state index contributed by atoms with van der Waals surface area (Å²) in [5, 5.41) is 10.0. The first-order valence-electron chi connectivity index (χ1n) is 9.16. The summed E-state index contributed by atoms with van der Waals surface area (Å²) in [4.78, 5) is 28.6. The van der Waals surface area contributed by atoms with Gasteiger partial charge >= 0.3 is 11.8 Å². The molecule has 3 atom stereocenters. The van der Waals surface area contributed by atoms with E-state index in [1.54, 1.807) is 4.90 Å². The van der Waals surface area contributed by atoms with Crippen LogP contribution in [0, 0.1) is 11.8 Å². The van der Waals surface area contributed by atoms with Crippen LogP contribution in [0.15, 0.2) is 30.3 Å². The number of amides is 2. The summed E-state index contributed by atoms with van der Waals surface area (Å²) < 4.78 is 0. The molecule has 3 aliphatic rings. The molecule has 0 spiro atoms. The van der Waals surface area contributed by atoms with Crippen molar-refractivity contribution in [2.75, 3.05) is 13.1 Å². The maximum Gasteiger partial charge on any atom is 0.312 e. The predicted molar refractivity (Wildman–Crippen MR) is 97.1 cm³/mol. The fourth-order valence-electron chi connectivity index (χ4n) is 4.30. The summed E-state index contributed by atoms with van der Waals surface area (Å²) in [5.41, 5.74) is 1.02. The molecule has 3 fully saturated rings. The van der Waals surface area contributed by atoms with Crippen LogP contribution in [-0.4, -0.2) is 50.9 Å². The van der Waals surface area contributed by atoms with Gasteiger partial charge in [-0.1, -0.05) is 41.7 Å². The third-order valence-corrected chi connectivity index (χ3v) is 6.77. The molecule has 134 valence electrons. The highest BCUT2D eigenvalue weighted by Crippen LogP contribution is 2.53. The SMILES string of the molecule is O=C1C(=O)N(C2C[C@@H]3C[C@@H]3C2)CCN1Cc1nnc(-c2ccccc2)s1. The van der Waals surface area contributed by atoms with E-state index in [9.17, 15) is 9.59 Å². The lowest BCUT2D eigenvalue weighted by Gasteiger charge is -2.37. The Bertz CT molecular complexity index is 842. The Morgan fingerprint density at radius 1 is 0.962 bits per heavy atom. The van der Waals surface area contributed by atoms with Crippen molar-refractivity contribution in [3.05, 3.63) is 35.3 Å². The van der Waals surface area contributed by atoms with Gasteiger partial charge in [0.05, 0.1) is 6.54 Å². The van der Waals surface area contributed by atoms with Crippen molar-refractivity contribution in [3.8, 4) is 10.6 Å². The molecule has 1 unspecified atom stereocenters. The number of nitrogens with zero attached hydrogens (tertiary/aromatic N) is 4. The van der Waals surface area contributed by atoms with Gasteiger partial charge < -0.3 is 9.80 Å². The number of fused-ring (bicyclic) bond motifs is 1. The van der Waals surface area contributed by atoms with Crippen molar-refractivity contribution >= 4 is 23.2 Å². The van der Waals surface area contributed by atoms with E-state index in [1.165, 1.54) is 17.8 Å². The quantitative estimate of drug-likeness (QED) is 0.776. The van der Waals surface area contributed by atoms with E-state index in [0.717, 1.165) is 40.3 Å². The zero-order valence-electron chi connectivity index (χ0n) is 14.4. The minimum absolute atomic E-state index is 0.281. The highest BCUT2D eigenvalue weighted by Gasteiger charge is 2.50. The molecule has 1 aliphatic heterocycles. The van der Waals surface area contributed by atoms with Gasteiger partial charge in [0.1, 0.15) is 10.0 Å². The number of hydrogen-bond donors (Lipinski definition) is 0. The van der Waals surface area contributed by atoms with Crippen LogP contribution in [0.1, 0.15) is 24.3 Å². The van der Waals surface area contributed by atoms with Gasteiger partial charge in [-0.15, -0.1) is 10.2 Å². The molecule has 0 bridgehead atoms. The minimum atomic E-state index is -0.395. The number of piperazine rings is 1. The summed E-state index contributed by atoms with van der Waals surface area (Å²) in [5.74, 6) is 0.876. The number of carbonyl (C=O) groups is 2. The Balaban J connectivity index is 1.25. The number of hydrogen-bond acceptors (Lipinski definition) is 5. The molecular weight excluding hydrogens is 348 g/mol. The fraction of sp³-hybridized carbons (Fsp3) is 0.474. The molecule has 0 N–H and O–H groups in total. The Morgan fingerprint density at radius 3 is 2.50 bits per heavy atom. The van der Waals surface area contributed by atoms with E-state index in [-0.39, 0.29) is 11.9 Å². The Labute approximate surface area is 155 Å². The second-order valence-corrected chi connectivity index (χ2v) is 8.54. The van der Waals surface area contributed by atoms with Gasteiger partial charge in [0.2, 0.25) is 0 Å². The first-order valence-corrected chi connectivity index (χ1v) is 9.98. The monoisotopic (exact) mass is 368 g/mol. The van der Waals surface area contributed by atoms with Crippen LogP contribution in [0.2, 0.25) is 0 Å². The van der Waals surface area contributed by atoms with Crippen LogP contribution in [0.4, 0.5) is 0 Å². The summed E-state index contributed by atoms with van der Waals surface area (Å²) in [6.45, 7) is 1.58. The average Bonchev–Trinajstić information content (AvgIpc) is 3.06. The molecule has 7 heteroatoms. The Kier molecular flexibility index (Phi) is 3.77. The van der Waals surface area contributed by atoms with Gasteiger partial charge in [-0.3, -0.25) is 9.59 Å². The van der Waals surface area contributed by atoms with Gasteiger partial charge in [-0.05, 0) is 31.1 Å². The van der Waals surface area contributed by atoms with E-state index in [2.05, 4.69) is 10.2 Å². The van der Waals surface area contributed by atoms with Crippen molar-refractivity contribution in [1.82, 2.24) is 20.0 Å². The second-order valence-electron chi connectivity index (χ2n) is 7.47. The van der Waals surface area contributed by atoms with E-state index < -0.39 is 5.91 Å². The van der Waals surface area contributed by atoms with Crippen LogP contribution in [0.25, 0.3) is 10.6 Å². The molecule has 1 saturated heterocycles. The minimum Gasteiger partial charge on any atom is -0.330 e. The topological polar surface area (TPSA) is 66.4 Å². The van der Waals surface area contributed by atoms with Crippen molar-refractivity contribution in [2.45, 2.75) is 31.8 Å². The third kappa shape index (κ3) is 2.80. The van der Waals surface area contributed by atoms with E-state index in [0.29, 0.717) is 19.6 Å². The molecule has 1 aromatic heterocycles. The van der Waals surface area contributed by atoms with E-state index in [1.807, 2.05) is 35.2 Å². The molecule has 5 rings (SSSR count). The van der Waals surface area contributed by atoms with Gasteiger partial charge in [0.25, 0.3) is 0 Å². The lowest BCUT2D eigenvalue weighted by Crippen LogP contribution is -2.56. The Hall–Kier alpha value is -2.28. The highest BCUT2D eigenvalue weighted by molar-refractivity contribution is 7.14. The van der Waals surface area contributed by atoms with Gasteiger partial charge in [-0.25, -0.2) is 0 Å². The standard InChI is InChI=1S/C19H20N4O2S/c24-18-19(25)23(15-9-13-8-14(13)10-15)7-6-22(18)11-16-20-21-17(26-16)12-4-2-1-3-5-12/h1-5,13-15H,6-11H2/t13-,14+,15?. The van der Waals surface area contributed by atoms with E-state index in [4.69, 9.17) is 0 Å². The van der Waals surface area contributed by atoms with Gasteiger partial charge in [0.15, 0.2) is 0 Å². The smallest absolute Gasteiger partial charge is 0.312 e. The summed E-state index contributed by atoms with van der Waals surface area (Å²) in [6.07, 6.45) is 3.49. The van der Waals surface area contributed by atoms with Gasteiger partial charge in [0, 0.05) is 24.7 Å². The highest BCUT2D eigenvalue weighted by atomic mass is 32.1. The molecule has 26 heavy (non-hydrogen) atoms. The molecule has 1 aromatic carbocycles. The number of benzene rings is 1. The normalized spacial score (nSPS) is 27.8. The zero-order chi connectivity index (χ0) is 17.7. The van der Waals surface area contributed by atoms with E-state index >= 15 is 0 Å². The van der Waals surface area contributed by atoms with Crippen molar-refractivity contribution in [1.29, 1.82) is 0 Å². The third-order valence-electron chi connectivity index (χ3n) is 5.82. The Morgan fingerprint density at radius 2 is 1.73 bits per heavy atom. The molecular formula is C19H20N4O2S. The molecule has 6 nitrogen and oxygen atoms in total. The number of rotatable bonds is 4. The van der Waals surface area contributed by atoms with Gasteiger partial charge in [-0.2, -0.15) is 0 Å². The molecule has 2 heterocycles. The second kappa shape index (κ2) is 6.16. The largest absolute Gasteiger partial charge is 0.330 e. The number of carbonyl (C=O) groups excluding carboxylic acids is 2. The molecule has 2 aromatic rings. The maximum atomic E-state index is 12.6. The predicted octanol–water partition coefficient (Wildman–Crippen LogP) is 2.17. The lowest BCUT2D eigenvalue weighted by molar-refractivity contribution is -0.158. The number of aromatic nitrogens is 2. The lowest BCUT2D eigenvalue weighted by atomic mass is 10.1. The van der Waals surface area contributed by atoms with Crippen molar-refractivity contribution in [3.63, 3.8) is 0 Å². The zero-order valence-corrected chi connectivity index (χ0v) is 15.2. The van der Waals surface area contributed by atoms with Crippen LogP contribution >= 0.6 is 11.3 Å². The average molecular weight is 368 g/mol. The van der Waals surface area contributed by atoms with Crippen molar-refractivity contribution in [2.24, 2.45) is 11.8 Å². The first kappa shape index (κ1) is 15.9. The maximum absolute atomic E-state index is 12.6. The van der Waals surface area contributed by atoms with Crippen LogP contribution in [0.5, 0.6) is 0 Å². The van der Waals surface area contributed by atoms with Crippen LogP contribution < -0.4 is 0 Å². The van der Waals surface area contributed by atoms with Crippen molar-refractivity contribution < 1.29 is 9.59 Å². The molecule has 2 aliphatic carbocycles. The summed E-state index contributed by atoms with van der Waals surface area (Å²) in [7, 11) is 0. The van der Waals surface area contributed by atoms with Crippen LogP contribution in [0.3, 0.4) is 0 Å². The summed E-state index contributed by atoms with van der Waals surface area (Å²) >= 11 is 1.47. The molecule has 2 saturated carbocycles. The fourth-order valence-corrected chi connectivity index (χ4v) is 5.17. The summed E-state index contributed by atoms with van der Waals surface area (Å²) in [6, 6.07) is 10.1. The van der Waals surface area contributed by atoms with Crippen LogP contribution in [-0.2, 0) is 16.1 Å². The molecule has 0 radical (unpaired) electrons.